The van der Waals surface area contributed by atoms with Crippen LogP contribution in [0, 0.1) is 19.8 Å². The maximum atomic E-state index is 14.0. The average Bonchev–Trinajstić information content (AvgIpc) is 3.74. The molecule has 3 fully saturated rings. The number of rotatable bonds is 8. The van der Waals surface area contributed by atoms with Crippen molar-refractivity contribution in [3.63, 3.8) is 0 Å². The zero-order valence-electron chi connectivity index (χ0n) is 28.3. The third kappa shape index (κ3) is 6.83. The summed E-state index contributed by atoms with van der Waals surface area (Å²) in [5.41, 5.74) is 5.33. The van der Waals surface area contributed by atoms with E-state index < -0.39 is 11.0 Å². The van der Waals surface area contributed by atoms with Crippen molar-refractivity contribution < 1.29 is 14.3 Å². The average molecular weight is 633 g/mol. The first-order valence-corrected chi connectivity index (χ1v) is 17.9. The van der Waals surface area contributed by atoms with Gasteiger partial charge in [-0.25, -0.2) is 4.79 Å². The summed E-state index contributed by atoms with van der Waals surface area (Å²) in [6.07, 6.45) is 7.42. The number of benzene rings is 1. The first-order valence-electron chi connectivity index (χ1n) is 17.0. The van der Waals surface area contributed by atoms with Gasteiger partial charge in [0.1, 0.15) is 10.4 Å². The van der Waals surface area contributed by atoms with Gasteiger partial charge in [-0.1, -0.05) is 17.2 Å². The molecule has 5 heterocycles. The molecule has 3 aromatic rings. The van der Waals surface area contributed by atoms with Crippen LogP contribution in [0.15, 0.2) is 24.3 Å². The molecule has 3 saturated heterocycles. The molecule has 0 aliphatic carbocycles. The summed E-state index contributed by atoms with van der Waals surface area (Å²) in [6, 6.07) is 10.0. The Morgan fingerprint density at radius 1 is 0.933 bits per heavy atom. The van der Waals surface area contributed by atoms with E-state index in [4.69, 9.17) is 4.74 Å². The van der Waals surface area contributed by atoms with Crippen LogP contribution in [0.5, 0.6) is 0 Å². The SMILES string of the molecule is Cc1cc(C)cc(-c2[nH]c3sc(C(C)(C)C(=O)N4C5CCC4CC5)cc3c2CCN2CCC(CNC(=O)OC(C)(C)C)CC2)c1. The van der Waals surface area contributed by atoms with Crippen molar-refractivity contribution in [2.24, 2.45) is 5.92 Å². The van der Waals surface area contributed by atoms with Crippen LogP contribution in [0.25, 0.3) is 21.5 Å². The fourth-order valence-corrected chi connectivity index (χ4v) is 9.05. The number of fused-ring (bicyclic) bond motifs is 3. The summed E-state index contributed by atoms with van der Waals surface area (Å²) in [5, 5.41) is 4.24. The zero-order chi connectivity index (χ0) is 32.1. The number of ether oxygens (including phenoxy) is 1. The van der Waals surface area contributed by atoms with Gasteiger partial charge in [0.15, 0.2) is 0 Å². The molecular formula is C37H52N4O3S. The molecule has 45 heavy (non-hydrogen) atoms. The number of carbonyl (C=O) groups excluding carboxylic acids is 2. The second kappa shape index (κ2) is 12.4. The minimum absolute atomic E-state index is 0.302. The molecular weight excluding hydrogens is 580 g/mol. The number of aromatic nitrogens is 1. The Morgan fingerprint density at radius 3 is 2.16 bits per heavy atom. The van der Waals surface area contributed by atoms with Gasteiger partial charge in [-0.3, -0.25) is 4.79 Å². The van der Waals surface area contributed by atoms with E-state index in [9.17, 15) is 9.59 Å². The molecule has 244 valence electrons. The Kier molecular flexibility index (Phi) is 8.85. The predicted molar refractivity (Wildman–Crippen MR) is 184 cm³/mol. The number of piperidine rings is 1. The lowest BCUT2D eigenvalue weighted by Crippen LogP contribution is -2.45. The predicted octanol–water partition coefficient (Wildman–Crippen LogP) is 7.72. The lowest BCUT2D eigenvalue weighted by molar-refractivity contribution is -0.137. The van der Waals surface area contributed by atoms with Gasteiger partial charge in [-0.05, 0) is 142 Å². The van der Waals surface area contributed by atoms with Crippen LogP contribution in [0.2, 0.25) is 0 Å². The van der Waals surface area contributed by atoms with Gasteiger partial charge >= 0.3 is 6.09 Å². The van der Waals surface area contributed by atoms with Crippen molar-refractivity contribution in [2.75, 3.05) is 26.2 Å². The fourth-order valence-electron chi connectivity index (χ4n) is 7.86. The summed E-state index contributed by atoms with van der Waals surface area (Å²) < 4.78 is 5.42. The number of likely N-dealkylation sites (tertiary alicyclic amines) is 1. The molecule has 3 aliphatic rings. The lowest BCUT2D eigenvalue weighted by Gasteiger charge is -2.32. The standard InChI is InChI=1S/C37H52N4O3S/c1-23-18-24(2)20-26(19-23)32-29(14-17-40-15-12-25(13-16-40)22-38-35(43)44-36(3,4)5)30-21-31(45-33(30)39-32)37(6,7)34(42)41-27-8-9-28(41)11-10-27/h18-21,25,27-28,39H,8-17,22H2,1-7H3,(H,38,43). The van der Waals surface area contributed by atoms with Crippen LogP contribution in [-0.2, 0) is 21.4 Å². The molecule has 2 amide bonds. The van der Waals surface area contributed by atoms with E-state index in [1.54, 1.807) is 11.3 Å². The highest BCUT2D eigenvalue weighted by Crippen LogP contribution is 2.44. The third-order valence-corrected chi connectivity index (χ3v) is 11.6. The van der Waals surface area contributed by atoms with Crippen molar-refractivity contribution in [1.82, 2.24) is 20.1 Å². The van der Waals surface area contributed by atoms with Crippen LogP contribution >= 0.6 is 11.3 Å². The van der Waals surface area contributed by atoms with Crippen molar-refractivity contribution in [1.29, 1.82) is 0 Å². The van der Waals surface area contributed by atoms with Crippen molar-refractivity contribution in [3.8, 4) is 11.3 Å². The van der Waals surface area contributed by atoms with E-state index >= 15 is 0 Å². The second-order valence-electron chi connectivity index (χ2n) is 15.4. The van der Waals surface area contributed by atoms with E-state index in [1.807, 2.05) is 20.8 Å². The number of alkyl carbamates (subject to hydrolysis) is 1. The fraction of sp³-hybridized carbons (Fsp3) is 0.622. The molecule has 0 saturated carbocycles. The van der Waals surface area contributed by atoms with Crippen LogP contribution in [-0.4, -0.2) is 70.6 Å². The summed E-state index contributed by atoms with van der Waals surface area (Å²) in [4.78, 5) is 37.1. The molecule has 1 aromatic carbocycles. The van der Waals surface area contributed by atoms with Crippen LogP contribution in [0.1, 0.15) is 94.7 Å². The number of nitrogens with one attached hydrogen (secondary N) is 2. The van der Waals surface area contributed by atoms with Crippen LogP contribution < -0.4 is 5.32 Å². The molecule has 0 spiro atoms. The van der Waals surface area contributed by atoms with Crippen molar-refractivity contribution in [2.45, 2.75) is 117 Å². The maximum Gasteiger partial charge on any atom is 0.407 e. The first kappa shape index (κ1) is 32.1. The Hall–Kier alpha value is -2.84. The molecule has 2 bridgehead atoms. The van der Waals surface area contributed by atoms with Crippen LogP contribution in [0.3, 0.4) is 0 Å². The van der Waals surface area contributed by atoms with E-state index in [0.717, 1.165) is 43.8 Å². The third-order valence-electron chi connectivity index (χ3n) is 10.3. The van der Waals surface area contributed by atoms with E-state index in [-0.39, 0.29) is 6.09 Å². The van der Waals surface area contributed by atoms with Crippen molar-refractivity contribution >= 4 is 33.6 Å². The van der Waals surface area contributed by atoms with Gasteiger partial charge in [-0.2, -0.15) is 0 Å². The van der Waals surface area contributed by atoms with Gasteiger partial charge in [-0.15, -0.1) is 11.3 Å². The molecule has 7 nitrogen and oxygen atoms in total. The zero-order valence-corrected chi connectivity index (χ0v) is 29.2. The number of carbonyl (C=O) groups is 2. The minimum Gasteiger partial charge on any atom is -0.444 e. The van der Waals surface area contributed by atoms with E-state index in [2.05, 4.69) is 72.1 Å². The van der Waals surface area contributed by atoms with Gasteiger partial charge in [0.25, 0.3) is 0 Å². The Morgan fingerprint density at radius 2 is 1.56 bits per heavy atom. The summed E-state index contributed by atoms with van der Waals surface area (Å²) in [5.74, 6) is 0.778. The minimum atomic E-state index is -0.539. The molecule has 0 radical (unpaired) electrons. The molecule has 8 heteroatoms. The Labute approximate surface area is 273 Å². The topological polar surface area (TPSA) is 77.7 Å². The maximum absolute atomic E-state index is 14.0. The highest BCUT2D eigenvalue weighted by molar-refractivity contribution is 7.19. The number of nitrogens with zero attached hydrogens (tertiary/aromatic N) is 2. The van der Waals surface area contributed by atoms with E-state index in [0.29, 0.717) is 30.5 Å². The summed E-state index contributed by atoms with van der Waals surface area (Å²) in [6.45, 7) is 18.0. The smallest absolute Gasteiger partial charge is 0.407 e. The summed E-state index contributed by atoms with van der Waals surface area (Å²) >= 11 is 1.76. The Bertz CT molecular complexity index is 1520. The number of amides is 2. The number of hydrogen-bond donors (Lipinski definition) is 2. The van der Waals surface area contributed by atoms with Gasteiger partial charge in [0.2, 0.25) is 5.91 Å². The second-order valence-corrected chi connectivity index (χ2v) is 16.5. The lowest BCUT2D eigenvalue weighted by atomic mass is 9.88. The molecule has 6 rings (SSSR count). The molecule has 0 unspecified atom stereocenters. The largest absolute Gasteiger partial charge is 0.444 e. The molecule has 2 aromatic heterocycles. The quantitative estimate of drug-likeness (QED) is 0.267. The monoisotopic (exact) mass is 632 g/mol. The van der Waals surface area contributed by atoms with Crippen LogP contribution in [0.4, 0.5) is 4.79 Å². The molecule has 0 atom stereocenters. The molecule has 2 N–H and O–H groups in total. The molecule has 3 aliphatic heterocycles. The van der Waals surface area contributed by atoms with Gasteiger partial charge < -0.3 is 24.8 Å². The van der Waals surface area contributed by atoms with Crippen molar-refractivity contribution in [3.05, 3.63) is 45.8 Å². The number of hydrogen-bond acceptors (Lipinski definition) is 5. The first-order chi connectivity index (χ1) is 21.3. The highest BCUT2D eigenvalue weighted by Gasteiger charge is 2.47. The normalized spacial score (nSPS) is 21.2. The number of aryl methyl sites for hydroxylation is 2. The Balaban J connectivity index is 1.18. The summed E-state index contributed by atoms with van der Waals surface area (Å²) in [7, 11) is 0. The number of thiophene rings is 1. The highest BCUT2D eigenvalue weighted by atomic mass is 32.1. The van der Waals surface area contributed by atoms with Gasteiger partial charge in [0, 0.05) is 35.4 Å². The number of aromatic amines is 1. The van der Waals surface area contributed by atoms with E-state index in [1.165, 1.54) is 63.8 Å². The number of H-pyrrole nitrogens is 1. The van der Waals surface area contributed by atoms with Gasteiger partial charge in [0.05, 0.1) is 11.1 Å².